The molecule has 0 N–H and O–H groups in total. The van der Waals surface area contributed by atoms with Gasteiger partial charge in [0.15, 0.2) is 0 Å². The number of hydrogen-bond donors (Lipinski definition) is 1. The smallest absolute Gasteiger partial charge is 0.142 e. The van der Waals surface area contributed by atoms with E-state index in [2.05, 4.69) is 12.6 Å². The molecule has 0 spiro atoms. The lowest BCUT2D eigenvalue weighted by atomic mass is 10.3. The first-order chi connectivity index (χ1) is 4.20. The Hall–Kier alpha value is -0.210. The third kappa shape index (κ3) is 1.60. The summed E-state index contributed by atoms with van der Waals surface area (Å²) in [5.74, 6) is -0.427. The van der Waals surface area contributed by atoms with Gasteiger partial charge in [0, 0.05) is 4.90 Å². The molecule has 0 saturated carbocycles. The van der Waals surface area contributed by atoms with Crippen LogP contribution in [0.5, 0.6) is 0 Å². The van der Waals surface area contributed by atoms with Crippen molar-refractivity contribution in [1.82, 2.24) is 0 Å². The number of rotatable bonds is 0. The molecule has 3 heteroatoms. The fraction of sp³-hybridized carbons (Fsp3) is 0. The second-order valence-electron chi connectivity index (χ2n) is 1.60. The minimum atomic E-state index is -0.427. The van der Waals surface area contributed by atoms with Crippen molar-refractivity contribution in [3.05, 3.63) is 29.0 Å². The van der Waals surface area contributed by atoms with Gasteiger partial charge in [-0.3, -0.25) is 0 Å². The predicted octanol–water partition coefficient (Wildman–Crippen LogP) is 2.77. The molecule has 48 valence electrons. The van der Waals surface area contributed by atoms with E-state index in [1.807, 2.05) is 0 Å². The highest BCUT2D eigenvalue weighted by Gasteiger charge is 1.96. The third-order valence-corrected chi connectivity index (χ3v) is 1.49. The molecule has 0 saturated heterocycles. The first-order valence-electron chi connectivity index (χ1n) is 2.34. The summed E-state index contributed by atoms with van der Waals surface area (Å²) in [5.41, 5.74) is 0. The fourth-order valence-electron chi connectivity index (χ4n) is 0.485. The fourth-order valence-corrected chi connectivity index (χ4v) is 0.790. The average Bonchev–Trinajstić information content (AvgIpc) is 1.80. The second-order valence-corrected chi connectivity index (χ2v) is 2.52. The van der Waals surface area contributed by atoms with E-state index in [1.165, 1.54) is 12.1 Å². The lowest BCUT2D eigenvalue weighted by Crippen LogP contribution is -1.74. The van der Waals surface area contributed by atoms with E-state index >= 15 is 0 Å². The SMILES string of the molecule is Fc1cc(S)ccc1Cl. The van der Waals surface area contributed by atoms with E-state index in [1.54, 1.807) is 6.07 Å². The van der Waals surface area contributed by atoms with Crippen molar-refractivity contribution in [2.24, 2.45) is 0 Å². The van der Waals surface area contributed by atoms with Crippen LogP contribution >= 0.6 is 24.2 Å². The molecule has 1 rings (SSSR count). The molecule has 0 unspecified atom stereocenters. The molecule has 0 heterocycles. The minimum Gasteiger partial charge on any atom is -0.205 e. The van der Waals surface area contributed by atoms with Gasteiger partial charge in [-0.2, -0.15) is 0 Å². The maximum atomic E-state index is 12.4. The van der Waals surface area contributed by atoms with Crippen molar-refractivity contribution < 1.29 is 4.39 Å². The number of halogens is 2. The van der Waals surface area contributed by atoms with E-state index in [0.717, 1.165) is 0 Å². The molecule has 9 heavy (non-hydrogen) atoms. The van der Waals surface area contributed by atoms with Crippen LogP contribution in [0, 0.1) is 5.82 Å². The van der Waals surface area contributed by atoms with Crippen molar-refractivity contribution in [3.63, 3.8) is 0 Å². The van der Waals surface area contributed by atoms with Crippen LogP contribution in [0.25, 0.3) is 0 Å². The molecule has 1 aromatic carbocycles. The Morgan fingerprint density at radius 3 is 2.56 bits per heavy atom. The molecular formula is C6H4ClFS. The summed E-state index contributed by atoms with van der Waals surface area (Å²) in [6.07, 6.45) is 0. The normalized spacial score (nSPS) is 9.67. The Morgan fingerprint density at radius 2 is 2.11 bits per heavy atom. The Morgan fingerprint density at radius 1 is 1.44 bits per heavy atom. The summed E-state index contributed by atoms with van der Waals surface area (Å²) in [5, 5.41) is 0.132. The number of benzene rings is 1. The summed E-state index contributed by atoms with van der Waals surface area (Å²) in [7, 11) is 0. The van der Waals surface area contributed by atoms with E-state index in [-0.39, 0.29) is 5.02 Å². The van der Waals surface area contributed by atoms with Gasteiger partial charge in [-0.15, -0.1) is 12.6 Å². The van der Waals surface area contributed by atoms with Gasteiger partial charge in [0.1, 0.15) is 5.82 Å². The summed E-state index contributed by atoms with van der Waals surface area (Å²) in [4.78, 5) is 0.580. The van der Waals surface area contributed by atoms with Gasteiger partial charge in [-0.25, -0.2) is 4.39 Å². The molecule has 0 atom stereocenters. The van der Waals surface area contributed by atoms with E-state index in [4.69, 9.17) is 11.6 Å². The minimum absolute atomic E-state index is 0.132. The van der Waals surface area contributed by atoms with E-state index in [0.29, 0.717) is 4.90 Å². The van der Waals surface area contributed by atoms with Crippen LogP contribution in [0.4, 0.5) is 4.39 Å². The number of hydrogen-bond acceptors (Lipinski definition) is 1. The standard InChI is InChI=1S/C6H4ClFS/c7-5-2-1-4(9)3-6(5)8/h1-3,9H. The van der Waals surface area contributed by atoms with Crippen LogP contribution in [0.15, 0.2) is 23.1 Å². The first kappa shape index (κ1) is 6.90. The summed E-state index contributed by atoms with van der Waals surface area (Å²) in [6.45, 7) is 0. The Bertz CT molecular complexity index is 224. The molecule has 1 aromatic rings. The largest absolute Gasteiger partial charge is 0.205 e. The highest BCUT2D eigenvalue weighted by atomic mass is 35.5. The lowest BCUT2D eigenvalue weighted by Gasteiger charge is -1.92. The van der Waals surface area contributed by atoms with Gasteiger partial charge in [0.25, 0.3) is 0 Å². The maximum Gasteiger partial charge on any atom is 0.142 e. The Balaban J connectivity index is 3.17. The van der Waals surface area contributed by atoms with Crippen LogP contribution < -0.4 is 0 Å². The number of thiol groups is 1. The van der Waals surface area contributed by atoms with Gasteiger partial charge in [0.2, 0.25) is 0 Å². The highest BCUT2D eigenvalue weighted by Crippen LogP contribution is 2.16. The molecule has 0 aliphatic carbocycles. The van der Waals surface area contributed by atoms with Crippen LogP contribution in [-0.2, 0) is 0 Å². The molecule has 0 nitrogen and oxygen atoms in total. The zero-order valence-electron chi connectivity index (χ0n) is 4.44. The Labute approximate surface area is 63.1 Å². The summed E-state index contributed by atoms with van der Waals surface area (Å²) in [6, 6.07) is 4.37. The zero-order valence-corrected chi connectivity index (χ0v) is 6.09. The molecule has 0 radical (unpaired) electrons. The summed E-state index contributed by atoms with van der Waals surface area (Å²) < 4.78 is 12.4. The van der Waals surface area contributed by atoms with Gasteiger partial charge >= 0.3 is 0 Å². The zero-order chi connectivity index (χ0) is 6.85. The van der Waals surface area contributed by atoms with Gasteiger partial charge in [-0.05, 0) is 18.2 Å². The van der Waals surface area contributed by atoms with Crippen LogP contribution in [0.2, 0.25) is 5.02 Å². The van der Waals surface area contributed by atoms with Crippen LogP contribution in [0.1, 0.15) is 0 Å². The van der Waals surface area contributed by atoms with Crippen LogP contribution in [-0.4, -0.2) is 0 Å². The molecule has 0 aromatic heterocycles. The van der Waals surface area contributed by atoms with Gasteiger partial charge < -0.3 is 0 Å². The molecule has 0 amide bonds. The van der Waals surface area contributed by atoms with Gasteiger partial charge in [-0.1, -0.05) is 11.6 Å². The summed E-state index contributed by atoms with van der Waals surface area (Å²) >= 11 is 9.27. The van der Waals surface area contributed by atoms with Crippen molar-refractivity contribution in [1.29, 1.82) is 0 Å². The lowest BCUT2D eigenvalue weighted by molar-refractivity contribution is 0.625. The maximum absolute atomic E-state index is 12.4. The van der Waals surface area contributed by atoms with Crippen LogP contribution in [0.3, 0.4) is 0 Å². The van der Waals surface area contributed by atoms with Gasteiger partial charge in [0.05, 0.1) is 5.02 Å². The first-order valence-corrected chi connectivity index (χ1v) is 3.16. The monoisotopic (exact) mass is 162 g/mol. The average molecular weight is 163 g/mol. The topological polar surface area (TPSA) is 0 Å². The van der Waals surface area contributed by atoms with Crippen molar-refractivity contribution >= 4 is 24.2 Å². The third-order valence-electron chi connectivity index (χ3n) is 0.903. The molecular weight excluding hydrogens is 159 g/mol. The van der Waals surface area contributed by atoms with E-state index < -0.39 is 5.82 Å². The van der Waals surface area contributed by atoms with Crippen molar-refractivity contribution in [2.45, 2.75) is 4.90 Å². The molecule has 0 aliphatic rings. The quantitative estimate of drug-likeness (QED) is 0.558. The second kappa shape index (κ2) is 2.58. The molecule has 0 bridgehead atoms. The highest BCUT2D eigenvalue weighted by molar-refractivity contribution is 7.80. The van der Waals surface area contributed by atoms with Crippen molar-refractivity contribution in [2.75, 3.05) is 0 Å². The van der Waals surface area contributed by atoms with E-state index in [9.17, 15) is 4.39 Å². The molecule has 0 aliphatic heterocycles. The Kier molecular flexibility index (Phi) is 1.98. The molecule has 0 fully saturated rings. The predicted molar refractivity (Wildman–Crippen MR) is 38.7 cm³/mol. The van der Waals surface area contributed by atoms with Crippen molar-refractivity contribution in [3.8, 4) is 0 Å².